The van der Waals surface area contributed by atoms with Crippen molar-refractivity contribution in [3.05, 3.63) is 48.4 Å². The third-order valence-electron chi connectivity index (χ3n) is 5.29. The second kappa shape index (κ2) is 11.2. The van der Waals surface area contributed by atoms with E-state index in [-0.39, 0.29) is 30.4 Å². The lowest BCUT2D eigenvalue weighted by atomic mass is 10.2. The van der Waals surface area contributed by atoms with E-state index in [1.54, 1.807) is 47.1 Å². The van der Waals surface area contributed by atoms with Crippen molar-refractivity contribution < 1.29 is 23.8 Å². The van der Waals surface area contributed by atoms with Gasteiger partial charge in [0, 0.05) is 44.6 Å². The van der Waals surface area contributed by atoms with E-state index in [0.717, 1.165) is 12.8 Å². The van der Waals surface area contributed by atoms with Crippen molar-refractivity contribution in [2.45, 2.75) is 32.8 Å². The number of hydrogen-bond acceptors (Lipinski definition) is 8. The zero-order chi connectivity index (χ0) is 25.7. The average Bonchev–Trinajstić information content (AvgIpc) is 3.57. The minimum Gasteiger partial charge on any atom is -0.491 e. The fourth-order valence-electron chi connectivity index (χ4n) is 3.48. The standard InChI is InChI=1S/C25H30N6O5/c1-16(2)35-19-9-18(25(33)28-21-7-8-30(3)29-21)10-20(11-19)36-23-13-26-22(12-27-23)31(14-17-5-6-17)24(32)15-34-4/h7-13,16-17H,5-6,14-15H2,1-4H3,(H,28,29,33). The van der Waals surface area contributed by atoms with Gasteiger partial charge in [0.25, 0.3) is 11.8 Å². The first-order chi connectivity index (χ1) is 17.3. The van der Waals surface area contributed by atoms with Crippen LogP contribution < -0.4 is 19.7 Å². The van der Waals surface area contributed by atoms with Crippen LogP contribution in [0.25, 0.3) is 0 Å². The molecule has 1 aromatic carbocycles. The largest absolute Gasteiger partial charge is 0.491 e. The Morgan fingerprint density at radius 2 is 1.94 bits per heavy atom. The van der Waals surface area contributed by atoms with Crippen LogP contribution in [0.5, 0.6) is 17.4 Å². The van der Waals surface area contributed by atoms with Gasteiger partial charge in [-0.1, -0.05) is 0 Å². The molecule has 1 N–H and O–H groups in total. The third-order valence-corrected chi connectivity index (χ3v) is 5.29. The minimum absolute atomic E-state index is 0.0291. The van der Waals surface area contributed by atoms with Crippen molar-refractivity contribution in [2.24, 2.45) is 13.0 Å². The van der Waals surface area contributed by atoms with Crippen LogP contribution in [0.3, 0.4) is 0 Å². The van der Waals surface area contributed by atoms with E-state index >= 15 is 0 Å². The lowest BCUT2D eigenvalue weighted by Crippen LogP contribution is -2.36. The molecule has 1 saturated carbocycles. The summed E-state index contributed by atoms with van der Waals surface area (Å²) in [7, 11) is 3.25. The Hall–Kier alpha value is -3.99. The molecule has 190 valence electrons. The van der Waals surface area contributed by atoms with E-state index in [1.807, 2.05) is 13.8 Å². The van der Waals surface area contributed by atoms with Crippen molar-refractivity contribution >= 4 is 23.5 Å². The fraction of sp³-hybridized carbons (Fsp3) is 0.400. The number of anilines is 2. The molecule has 0 atom stereocenters. The molecule has 1 aliphatic rings. The average molecular weight is 495 g/mol. The van der Waals surface area contributed by atoms with Crippen LogP contribution in [-0.2, 0) is 16.6 Å². The van der Waals surface area contributed by atoms with E-state index in [4.69, 9.17) is 14.2 Å². The number of ether oxygens (including phenoxy) is 3. The van der Waals surface area contributed by atoms with Gasteiger partial charge in [0.1, 0.15) is 18.1 Å². The van der Waals surface area contributed by atoms with Crippen LogP contribution >= 0.6 is 0 Å². The summed E-state index contributed by atoms with van der Waals surface area (Å²) < 4.78 is 18.3. The van der Waals surface area contributed by atoms with Crippen molar-refractivity contribution in [3.63, 3.8) is 0 Å². The Morgan fingerprint density at radius 3 is 2.56 bits per heavy atom. The predicted octanol–water partition coefficient (Wildman–Crippen LogP) is 3.43. The summed E-state index contributed by atoms with van der Waals surface area (Å²) >= 11 is 0. The molecule has 3 aromatic rings. The topological polar surface area (TPSA) is 121 Å². The molecule has 1 aliphatic carbocycles. The summed E-state index contributed by atoms with van der Waals surface area (Å²) in [5.74, 6) is 1.84. The Labute approximate surface area is 209 Å². The van der Waals surface area contributed by atoms with Crippen molar-refractivity contribution in [1.29, 1.82) is 0 Å². The molecule has 2 amide bonds. The lowest BCUT2D eigenvalue weighted by molar-refractivity contribution is -0.122. The van der Waals surface area contributed by atoms with E-state index in [2.05, 4.69) is 20.4 Å². The first-order valence-electron chi connectivity index (χ1n) is 11.7. The smallest absolute Gasteiger partial charge is 0.257 e. The van der Waals surface area contributed by atoms with Gasteiger partial charge < -0.3 is 19.5 Å². The molecule has 4 rings (SSSR count). The Bertz CT molecular complexity index is 1210. The number of carbonyl (C=O) groups is 2. The van der Waals surface area contributed by atoms with Gasteiger partial charge in [-0.2, -0.15) is 5.10 Å². The molecule has 0 bridgehead atoms. The molecule has 2 heterocycles. The van der Waals surface area contributed by atoms with Crippen molar-refractivity contribution in [1.82, 2.24) is 19.7 Å². The van der Waals surface area contributed by atoms with Gasteiger partial charge in [-0.15, -0.1) is 0 Å². The van der Waals surface area contributed by atoms with Crippen LogP contribution in [0.2, 0.25) is 0 Å². The van der Waals surface area contributed by atoms with E-state index < -0.39 is 0 Å². The van der Waals surface area contributed by atoms with Gasteiger partial charge >= 0.3 is 0 Å². The summed E-state index contributed by atoms with van der Waals surface area (Å²) in [4.78, 5) is 35.6. The maximum atomic E-state index is 12.8. The fourth-order valence-corrected chi connectivity index (χ4v) is 3.48. The predicted molar refractivity (Wildman–Crippen MR) is 132 cm³/mol. The summed E-state index contributed by atoms with van der Waals surface area (Å²) in [6, 6.07) is 6.60. The maximum absolute atomic E-state index is 12.8. The summed E-state index contributed by atoms with van der Waals surface area (Å²) in [5.41, 5.74) is 0.333. The number of methoxy groups -OCH3 is 1. The summed E-state index contributed by atoms with van der Waals surface area (Å²) in [6.07, 6.45) is 6.76. The number of nitrogens with zero attached hydrogens (tertiary/aromatic N) is 5. The van der Waals surface area contributed by atoms with Crippen LogP contribution in [0.15, 0.2) is 42.9 Å². The highest BCUT2D eigenvalue weighted by molar-refractivity contribution is 6.04. The van der Waals surface area contributed by atoms with Crippen LogP contribution in [-0.4, -0.2) is 57.9 Å². The van der Waals surface area contributed by atoms with Gasteiger partial charge in [-0.05, 0) is 44.7 Å². The van der Waals surface area contributed by atoms with Crippen LogP contribution in [0, 0.1) is 5.92 Å². The zero-order valence-corrected chi connectivity index (χ0v) is 20.8. The lowest BCUT2D eigenvalue weighted by Gasteiger charge is -2.21. The molecular formula is C25H30N6O5. The second-order valence-electron chi connectivity index (χ2n) is 8.88. The minimum atomic E-state index is -0.360. The highest BCUT2D eigenvalue weighted by Crippen LogP contribution is 2.32. The number of carbonyl (C=O) groups excluding carboxylic acids is 2. The molecule has 0 unspecified atom stereocenters. The second-order valence-corrected chi connectivity index (χ2v) is 8.88. The molecule has 1 fully saturated rings. The van der Waals surface area contributed by atoms with Crippen LogP contribution in [0.1, 0.15) is 37.0 Å². The van der Waals surface area contributed by atoms with Gasteiger partial charge in [0.2, 0.25) is 5.88 Å². The maximum Gasteiger partial charge on any atom is 0.257 e. The molecule has 0 radical (unpaired) electrons. The number of aromatic nitrogens is 4. The van der Waals surface area contributed by atoms with Gasteiger partial charge in [-0.3, -0.25) is 19.2 Å². The number of amides is 2. The highest BCUT2D eigenvalue weighted by Gasteiger charge is 2.28. The number of benzene rings is 1. The molecule has 0 aliphatic heterocycles. The molecule has 2 aromatic heterocycles. The van der Waals surface area contributed by atoms with E-state index in [0.29, 0.717) is 41.2 Å². The first-order valence-corrected chi connectivity index (χ1v) is 11.7. The molecule has 11 heteroatoms. The van der Waals surface area contributed by atoms with Crippen molar-refractivity contribution in [2.75, 3.05) is 30.5 Å². The normalized spacial score (nSPS) is 12.9. The molecule has 36 heavy (non-hydrogen) atoms. The zero-order valence-electron chi connectivity index (χ0n) is 20.8. The quantitative estimate of drug-likeness (QED) is 0.430. The highest BCUT2D eigenvalue weighted by atomic mass is 16.5. The monoisotopic (exact) mass is 494 g/mol. The van der Waals surface area contributed by atoms with Gasteiger partial charge in [0.05, 0.1) is 18.5 Å². The van der Waals surface area contributed by atoms with Gasteiger partial charge in [0.15, 0.2) is 11.6 Å². The van der Waals surface area contributed by atoms with Gasteiger partial charge in [-0.25, -0.2) is 9.97 Å². The molecule has 11 nitrogen and oxygen atoms in total. The molecule has 0 spiro atoms. The number of hydrogen-bond donors (Lipinski definition) is 1. The Kier molecular flexibility index (Phi) is 7.79. The van der Waals surface area contributed by atoms with E-state index in [9.17, 15) is 9.59 Å². The Morgan fingerprint density at radius 1 is 1.17 bits per heavy atom. The molecular weight excluding hydrogens is 464 g/mol. The van der Waals surface area contributed by atoms with Crippen LogP contribution in [0.4, 0.5) is 11.6 Å². The number of aryl methyl sites for hydroxylation is 1. The molecule has 0 saturated heterocycles. The first kappa shape index (κ1) is 25.1. The number of rotatable bonds is 11. The SMILES string of the molecule is COCC(=O)N(CC1CC1)c1cnc(Oc2cc(OC(C)C)cc(C(=O)Nc3ccn(C)n3)c2)cn1. The summed E-state index contributed by atoms with van der Waals surface area (Å²) in [5, 5.41) is 6.93. The number of nitrogens with one attached hydrogen (secondary N) is 1. The Balaban J connectivity index is 1.53. The van der Waals surface area contributed by atoms with Crippen molar-refractivity contribution in [3.8, 4) is 17.4 Å². The third kappa shape index (κ3) is 6.79. The van der Waals surface area contributed by atoms with E-state index in [1.165, 1.54) is 19.5 Å². The summed E-state index contributed by atoms with van der Waals surface area (Å²) in [6.45, 7) is 4.34.